The maximum atomic E-state index is 12.7. The minimum atomic E-state index is -0.517. The fourth-order valence-corrected chi connectivity index (χ4v) is 3.35. The Morgan fingerprint density at radius 1 is 1.24 bits per heavy atom. The number of aryl methyl sites for hydroxylation is 1. The number of halogens is 1. The first kappa shape index (κ1) is 22.2. The van der Waals surface area contributed by atoms with Crippen LogP contribution >= 0.6 is 0 Å². The van der Waals surface area contributed by atoms with Crippen molar-refractivity contribution >= 4 is 29.0 Å². The molecule has 33 heavy (non-hydrogen) atoms. The van der Waals surface area contributed by atoms with Crippen molar-refractivity contribution in [2.75, 3.05) is 31.5 Å². The second kappa shape index (κ2) is 9.63. The van der Waals surface area contributed by atoms with E-state index in [1.165, 1.54) is 18.8 Å². The number of hydrogen-bond donors (Lipinski definition) is 3. The van der Waals surface area contributed by atoms with Crippen molar-refractivity contribution in [2.45, 2.75) is 19.4 Å². The smallest absolute Gasteiger partial charge is 0.273 e. The molecule has 3 N–H and O–H groups in total. The van der Waals surface area contributed by atoms with Crippen LogP contribution in [0.1, 0.15) is 23.3 Å². The fourth-order valence-electron chi connectivity index (χ4n) is 3.35. The number of alkyl halides is 1. The highest BCUT2D eigenvalue weighted by molar-refractivity contribution is 6.00. The van der Waals surface area contributed by atoms with Crippen LogP contribution in [0.4, 0.5) is 21.6 Å². The number of ether oxygens (including phenoxy) is 1. The minimum Gasteiger partial charge on any atom is -0.494 e. The van der Waals surface area contributed by atoms with E-state index >= 15 is 0 Å². The van der Waals surface area contributed by atoms with Crippen LogP contribution in [0.3, 0.4) is 0 Å². The van der Waals surface area contributed by atoms with Crippen molar-refractivity contribution in [1.29, 1.82) is 0 Å². The van der Waals surface area contributed by atoms with E-state index in [9.17, 15) is 14.0 Å². The van der Waals surface area contributed by atoms with Crippen molar-refractivity contribution in [3.63, 3.8) is 0 Å². The maximum Gasteiger partial charge on any atom is 0.273 e. The number of carbonyl (C=O) groups is 2. The number of benzene rings is 1. The molecule has 1 aliphatic carbocycles. The number of methoxy groups -OCH3 is 1. The molecule has 0 unspecified atom stereocenters. The fraction of sp³-hybridized carbons (Fsp3) is 0.318. The SMILES string of the molecule is CNC(=O)c1nnc(NC(=O)C2CC2)cc1Nc1cccc(-c2cnn(CCF)c2)c1OC. The Bertz CT molecular complexity index is 1180. The van der Waals surface area contributed by atoms with Crippen LogP contribution in [0, 0.1) is 5.92 Å². The minimum absolute atomic E-state index is 0.00286. The van der Waals surface area contributed by atoms with Gasteiger partial charge in [-0.15, -0.1) is 10.2 Å². The number of aromatic nitrogens is 4. The molecule has 0 radical (unpaired) electrons. The van der Waals surface area contributed by atoms with E-state index in [2.05, 4.69) is 31.2 Å². The molecule has 1 saturated carbocycles. The van der Waals surface area contributed by atoms with Crippen LogP contribution < -0.4 is 20.7 Å². The van der Waals surface area contributed by atoms with Gasteiger partial charge in [0.1, 0.15) is 12.4 Å². The Morgan fingerprint density at radius 3 is 2.76 bits per heavy atom. The Hall–Kier alpha value is -4.02. The van der Waals surface area contributed by atoms with E-state index in [1.807, 2.05) is 12.1 Å². The monoisotopic (exact) mass is 453 g/mol. The quantitative estimate of drug-likeness (QED) is 0.455. The Balaban J connectivity index is 1.69. The number of nitrogens with one attached hydrogen (secondary N) is 3. The summed E-state index contributed by atoms with van der Waals surface area (Å²) >= 11 is 0. The first-order valence-corrected chi connectivity index (χ1v) is 10.5. The van der Waals surface area contributed by atoms with Gasteiger partial charge in [-0.2, -0.15) is 5.10 Å². The molecule has 11 heteroatoms. The summed E-state index contributed by atoms with van der Waals surface area (Å²) in [6.45, 7) is -0.357. The topological polar surface area (TPSA) is 123 Å². The molecule has 172 valence electrons. The Kier molecular flexibility index (Phi) is 6.48. The van der Waals surface area contributed by atoms with Gasteiger partial charge in [0, 0.05) is 36.4 Å². The zero-order valence-corrected chi connectivity index (χ0v) is 18.3. The number of nitrogens with zero attached hydrogens (tertiary/aromatic N) is 4. The van der Waals surface area contributed by atoms with E-state index in [0.29, 0.717) is 17.1 Å². The van der Waals surface area contributed by atoms with E-state index in [4.69, 9.17) is 4.74 Å². The molecule has 0 saturated heterocycles. The second-order valence-electron chi connectivity index (χ2n) is 7.53. The van der Waals surface area contributed by atoms with Gasteiger partial charge in [-0.25, -0.2) is 4.39 Å². The zero-order chi connectivity index (χ0) is 23.4. The molecule has 3 aromatic rings. The first-order chi connectivity index (χ1) is 16.0. The third kappa shape index (κ3) is 4.92. The summed E-state index contributed by atoms with van der Waals surface area (Å²) in [7, 11) is 3.02. The van der Waals surface area contributed by atoms with Gasteiger partial charge >= 0.3 is 0 Å². The highest BCUT2D eigenvalue weighted by atomic mass is 19.1. The van der Waals surface area contributed by atoms with E-state index < -0.39 is 12.6 Å². The lowest BCUT2D eigenvalue weighted by Crippen LogP contribution is -2.22. The third-order valence-electron chi connectivity index (χ3n) is 5.18. The van der Waals surface area contributed by atoms with Crippen LogP contribution in [-0.2, 0) is 11.3 Å². The van der Waals surface area contributed by atoms with Crippen molar-refractivity contribution in [3.8, 4) is 16.9 Å². The molecule has 1 aliphatic rings. The summed E-state index contributed by atoms with van der Waals surface area (Å²) in [4.78, 5) is 24.5. The molecular formula is C22H24FN7O3. The molecule has 0 atom stereocenters. The average Bonchev–Trinajstić information content (AvgIpc) is 3.58. The van der Waals surface area contributed by atoms with E-state index in [0.717, 1.165) is 24.0 Å². The molecular weight excluding hydrogens is 429 g/mol. The predicted molar refractivity (Wildman–Crippen MR) is 120 cm³/mol. The first-order valence-electron chi connectivity index (χ1n) is 10.5. The molecule has 0 aliphatic heterocycles. The van der Waals surface area contributed by atoms with E-state index in [-0.39, 0.29) is 29.9 Å². The number of carbonyl (C=O) groups excluding carboxylic acids is 2. The lowest BCUT2D eigenvalue weighted by molar-refractivity contribution is -0.117. The number of hydrogen-bond acceptors (Lipinski definition) is 7. The summed E-state index contributed by atoms with van der Waals surface area (Å²) in [5.74, 6) is 0.183. The van der Waals surface area contributed by atoms with E-state index in [1.54, 1.807) is 24.5 Å². The molecule has 1 fully saturated rings. The summed E-state index contributed by atoms with van der Waals surface area (Å²) in [5, 5.41) is 20.6. The van der Waals surface area contributed by atoms with Crippen molar-refractivity contribution in [2.24, 2.45) is 5.92 Å². The van der Waals surface area contributed by atoms with Crippen LogP contribution in [0.25, 0.3) is 11.1 Å². The summed E-state index contributed by atoms with van der Waals surface area (Å²) in [6, 6.07) is 7.01. The normalized spacial score (nSPS) is 12.8. The van der Waals surface area contributed by atoms with Crippen molar-refractivity contribution in [3.05, 3.63) is 42.4 Å². The number of para-hydroxylation sites is 1. The number of anilines is 3. The van der Waals surface area contributed by atoms with Gasteiger partial charge < -0.3 is 20.7 Å². The van der Waals surface area contributed by atoms with Crippen LogP contribution in [0.5, 0.6) is 5.75 Å². The van der Waals surface area contributed by atoms with Crippen molar-refractivity contribution < 1.29 is 18.7 Å². The summed E-state index contributed by atoms with van der Waals surface area (Å²) < 4.78 is 19.8. The predicted octanol–water partition coefficient (Wildman–Crippen LogP) is 2.77. The van der Waals surface area contributed by atoms with Gasteiger partial charge in [0.25, 0.3) is 5.91 Å². The van der Waals surface area contributed by atoms with Crippen LogP contribution in [0.2, 0.25) is 0 Å². The van der Waals surface area contributed by atoms with Gasteiger partial charge in [0.15, 0.2) is 11.5 Å². The molecule has 4 rings (SSSR count). The Labute approximate surface area is 189 Å². The Morgan fingerprint density at radius 2 is 2.06 bits per heavy atom. The highest BCUT2D eigenvalue weighted by Gasteiger charge is 2.30. The lowest BCUT2D eigenvalue weighted by Gasteiger charge is -2.16. The second-order valence-corrected chi connectivity index (χ2v) is 7.53. The molecule has 0 spiro atoms. The van der Waals surface area contributed by atoms with Gasteiger partial charge in [0.05, 0.1) is 31.2 Å². The summed E-state index contributed by atoms with van der Waals surface area (Å²) in [6.07, 6.45) is 5.07. The third-order valence-corrected chi connectivity index (χ3v) is 5.18. The van der Waals surface area contributed by atoms with Gasteiger partial charge in [-0.3, -0.25) is 14.3 Å². The maximum absolute atomic E-state index is 12.7. The highest BCUT2D eigenvalue weighted by Crippen LogP contribution is 2.38. The largest absolute Gasteiger partial charge is 0.494 e. The summed E-state index contributed by atoms with van der Waals surface area (Å²) in [5.41, 5.74) is 2.45. The van der Waals surface area contributed by atoms with Gasteiger partial charge in [0.2, 0.25) is 5.91 Å². The number of amides is 2. The van der Waals surface area contributed by atoms with Gasteiger partial charge in [-0.05, 0) is 18.9 Å². The lowest BCUT2D eigenvalue weighted by atomic mass is 10.1. The zero-order valence-electron chi connectivity index (χ0n) is 18.3. The molecule has 0 bridgehead atoms. The van der Waals surface area contributed by atoms with Crippen LogP contribution in [0.15, 0.2) is 36.7 Å². The average molecular weight is 453 g/mol. The molecule has 2 amide bonds. The molecule has 2 aromatic heterocycles. The van der Waals surface area contributed by atoms with Crippen molar-refractivity contribution in [1.82, 2.24) is 25.3 Å². The van der Waals surface area contributed by atoms with Crippen LogP contribution in [-0.4, -0.2) is 52.6 Å². The molecule has 10 nitrogen and oxygen atoms in total. The van der Waals surface area contributed by atoms with Gasteiger partial charge in [-0.1, -0.05) is 12.1 Å². The molecule has 1 aromatic carbocycles. The molecule has 2 heterocycles. The standard InChI is InChI=1S/C22H24FN7O3/c1-24-22(32)19-17(10-18(28-29-19)27-21(31)13-6-7-13)26-16-5-3-4-15(20(16)33-2)14-11-25-30(12-14)9-8-23/h3-5,10-13H,6-9H2,1-2H3,(H,24,32)(H2,26,27,28,31). The number of rotatable bonds is 9.